The standard InChI is InChI=1S/C16H17BrClNO/c1-11(14-5-3-4-6-15(14)17)19-10-12-9-13(18)7-8-16(12)20-2/h3-9,11,19H,10H2,1-2H3. The second-order valence-electron chi connectivity index (χ2n) is 4.58. The molecule has 4 heteroatoms. The van der Waals surface area contributed by atoms with E-state index in [2.05, 4.69) is 34.2 Å². The van der Waals surface area contributed by atoms with Crippen molar-refractivity contribution in [1.82, 2.24) is 5.32 Å². The summed E-state index contributed by atoms with van der Waals surface area (Å²) in [5.41, 5.74) is 2.28. The molecule has 0 heterocycles. The van der Waals surface area contributed by atoms with Crippen molar-refractivity contribution in [3.05, 3.63) is 63.1 Å². The summed E-state index contributed by atoms with van der Waals surface area (Å²) in [6.07, 6.45) is 0. The summed E-state index contributed by atoms with van der Waals surface area (Å²) in [4.78, 5) is 0. The van der Waals surface area contributed by atoms with Crippen LogP contribution in [-0.4, -0.2) is 7.11 Å². The third kappa shape index (κ3) is 3.75. The van der Waals surface area contributed by atoms with Gasteiger partial charge in [0, 0.05) is 27.6 Å². The predicted molar refractivity (Wildman–Crippen MR) is 87.4 cm³/mol. The van der Waals surface area contributed by atoms with Crippen LogP contribution in [0.2, 0.25) is 5.02 Å². The fourth-order valence-corrected chi connectivity index (χ4v) is 2.91. The molecule has 0 saturated heterocycles. The van der Waals surface area contributed by atoms with Gasteiger partial charge >= 0.3 is 0 Å². The molecule has 2 rings (SSSR count). The Labute approximate surface area is 133 Å². The first-order valence-electron chi connectivity index (χ1n) is 6.42. The molecule has 0 aromatic heterocycles. The molecule has 0 bridgehead atoms. The van der Waals surface area contributed by atoms with Crippen LogP contribution < -0.4 is 10.1 Å². The van der Waals surface area contributed by atoms with Crippen molar-refractivity contribution in [2.24, 2.45) is 0 Å². The molecule has 0 saturated carbocycles. The van der Waals surface area contributed by atoms with Gasteiger partial charge in [-0.2, -0.15) is 0 Å². The Morgan fingerprint density at radius 1 is 1.25 bits per heavy atom. The first kappa shape index (κ1) is 15.4. The van der Waals surface area contributed by atoms with Gasteiger partial charge in [-0.1, -0.05) is 45.7 Å². The van der Waals surface area contributed by atoms with E-state index in [1.807, 2.05) is 36.4 Å². The normalized spacial score (nSPS) is 12.2. The van der Waals surface area contributed by atoms with Gasteiger partial charge in [-0.3, -0.25) is 0 Å². The van der Waals surface area contributed by atoms with E-state index in [1.54, 1.807) is 7.11 Å². The van der Waals surface area contributed by atoms with Crippen molar-refractivity contribution in [3.63, 3.8) is 0 Å². The van der Waals surface area contributed by atoms with Crippen molar-refractivity contribution in [2.45, 2.75) is 19.5 Å². The van der Waals surface area contributed by atoms with Crippen LogP contribution in [0.15, 0.2) is 46.9 Å². The third-order valence-corrected chi connectivity index (χ3v) is 4.17. The van der Waals surface area contributed by atoms with Gasteiger partial charge in [0.2, 0.25) is 0 Å². The summed E-state index contributed by atoms with van der Waals surface area (Å²) in [6, 6.07) is 14.1. The SMILES string of the molecule is COc1ccc(Cl)cc1CNC(C)c1ccccc1Br. The summed E-state index contributed by atoms with van der Waals surface area (Å²) in [5.74, 6) is 0.848. The third-order valence-electron chi connectivity index (χ3n) is 3.21. The summed E-state index contributed by atoms with van der Waals surface area (Å²) in [5, 5.41) is 4.21. The van der Waals surface area contributed by atoms with Crippen LogP contribution >= 0.6 is 27.5 Å². The van der Waals surface area contributed by atoms with E-state index in [9.17, 15) is 0 Å². The van der Waals surface area contributed by atoms with Crippen molar-refractivity contribution < 1.29 is 4.74 Å². The Bertz CT molecular complexity index is 588. The molecule has 0 aliphatic rings. The van der Waals surface area contributed by atoms with E-state index in [0.29, 0.717) is 6.54 Å². The Hall–Kier alpha value is -1.03. The second kappa shape index (κ2) is 7.11. The predicted octanol–water partition coefficient (Wildman–Crippen LogP) is 4.96. The molecule has 1 N–H and O–H groups in total. The van der Waals surface area contributed by atoms with Crippen molar-refractivity contribution in [1.29, 1.82) is 0 Å². The Morgan fingerprint density at radius 2 is 2.00 bits per heavy atom. The van der Waals surface area contributed by atoms with E-state index < -0.39 is 0 Å². The van der Waals surface area contributed by atoms with Gasteiger partial charge in [0.15, 0.2) is 0 Å². The number of hydrogen-bond acceptors (Lipinski definition) is 2. The number of rotatable bonds is 5. The van der Waals surface area contributed by atoms with Gasteiger partial charge in [-0.25, -0.2) is 0 Å². The highest BCUT2D eigenvalue weighted by atomic mass is 79.9. The molecule has 0 aliphatic carbocycles. The maximum atomic E-state index is 6.04. The maximum absolute atomic E-state index is 6.04. The summed E-state index contributed by atoms with van der Waals surface area (Å²) >= 11 is 9.62. The molecule has 0 fully saturated rings. The molecular formula is C16H17BrClNO. The minimum absolute atomic E-state index is 0.231. The molecule has 1 atom stereocenters. The summed E-state index contributed by atoms with van der Waals surface area (Å²) in [6.45, 7) is 2.84. The molecule has 20 heavy (non-hydrogen) atoms. The summed E-state index contributed by atoms with van der Waals surface area (Å²) < 4.78 is 6.46. The van der Waals surface area contributed by atoms with Gasteiger partial charge in [-0.05, 0) is 36.8 Å². The zero-order valence-electron chi connectivity index (χ0n) is 11.5. The number of benzene rings is 2. The largest absolute Gasteiger partial charge is 0.496 e. The van der Waals surface area contributed by atoms with E-state index in [4.69, 9.17) is 16.3 Å². The number of ether oxygens (including phenoxy) is 1. The number of halogens is 2. The minimum atomic E-state index is 0.231. The average molecular weight is 355 g/mol. The fourth-order valence-electron chi connectivity index (χ4n) is 2.08. The zero-order chi connectivity index (χ0) is 14.5. The van der Waals surface area contributed by atoms with E-state index in [-0.39, 0.29) is 6.04 Å². The van der Waals surface area contributed by atoms with Gasteiger partial charge in [-0.15, -0.1) is 0 Å². The zero-order valence-corrected chi connectivity index (χ0v) is 13.8. The second-order valence-corrected chi connectivity index (χ2v) is 5.87. The molecule has 1 unspecified atom stereocenters. The molecule has 2 aromatic rings. The molecule has 2 nitrogen and oxygen atoms in total. The highest BCUT2D eigenvalue weighted by Crippen LogP contribution is 2.25. The first-order valence-corrected chi connectivity index (χ1v) is 7.59. The van der Waals surface area contributed by atoms with E-state index >= 15 is 0 Å². The molecule has 106 valence electrons. The molecule has 0 aliphatic heterocycles. The van der Waals surface area contributed by atoms with Crippen LogP contribution in [0.25, 0.3) is 0 Å². The molecule has 0 radical (unpaired) electrons. The average Bonchev–Trinajstić information content (AvgIpc) is 2.45. The molecule has 0 amide bonds. The van der Waals surface area contributed by atoms with E-state index in [0.717, 1.165) is 20.8 Å². The lowest BCUT2D eigenvalue weighted by atomic mass is 10.1. The van der Waals surface area contributed by atoms with Crippen LogP contribution in [0, 0.1) is 0 Å². The van der Waals surface area contributed by atoms with Gasteiger partial charge in [0.05, 0.1) is 7.11 Å². The topological polar surface area (TPSA) is 21.3 Å². The Kier molecular flexibility index (Phi) is 5.46. The quantitative estimate of drug-likeness (QED) is 0.819. The van der Waals surface area contributed by atoms with Gasteiger partial charge < -0.3 is 10.1 Å². The molecule has 2 aromatic carbocycles. The van der Waals surface area contributed by atoms with Crippen LogP contribution in [0.4, 0.5) is 0 Å². The van der Waals surface area contributed by atoms with Crippen molar-refractivity contribution in [2.75, 3.05) is 7.11 Å². The summed E-state index contributed by atoms with van der Waals surface area (Å²) in [7, 11) is 1.67. The highest BCUT2D eigenvalue weighted by molar-refractivity contribution is 9.10. The minimum Gasteiger partial charge on any atom is -0.496 e. The van der Waals surface area contributed by atoms with Crippen LogP contribution in [0.3, 0.4) is 0 Å². The monoisotopic (exact) mass is 353 g/mol. The number of nitrogens with one attached hydrogen (secondary N) is 1. The lowest BCUT2D eigenvalue weighted by molar-refractivity contribution is 0.406. The smallest absolute Gasteiger partial charge is 0.123 e. The Balaban J connectivity index is 2.09. The fraction of sp³-hybridized carbons (Fsp3) is 0.250. The molecular weight excluding hydrogens is 338 g/mol. The maximum Gasteiger partial charge on any atom is 0.123 e. The van der Waals surface area contributed by atoms with Crippen LogP contribution in [0.5, 0.6) is 5.75 Å². The first-order chi connectivity index (χ1) is 9.61. The van der Waals surface area contributed by atoms with Gasteiger partial charge in [0.1, 0.15) is 5.75 Å². The van der Waals surface area contributed by atoms with Crippen LogP contribution in [-0.2, 0) is 6.54 Å². The molecule has 0 spiro atoms. The van der Waals surface area contributed by atoms with Gasteiger partial charge in [0.25, 0.3) is 0 Å². The van der Waals surface area contributed by atoms with Crippen LogP contribution in [0.1, 0.15) is 24.1 Å². The van der Waals surface area contributed by atoms with Crippen molar-refractivity contribution >= 4 is 27.5 Å². The number of hydrogen-bond donors (Lipinski definition) is 1. The number of methoxy groups -OCH3 is 1. The lowest BCUT2D eigenvalue weighted by Crippen LogP contribution is -2.18. The Morgan fingerprint density at radius 3 is 2.70 bits per heavy atom. The lowest BCUT2D eigenvalue weighted by Gasteiger charge is -2.17. The van der Waals surface area contributed by atoms with E-state index in [1.165, 1.54) is 5.56 Å². The highest BCUT2D eigenvalue weighted by Gasteiger charge is 2.10. The van der Waals surface area contributed by atoms with Crippen molar-refractivity contribution in [3.8, 4) is 5.75 Å².